The number of nitrogens with zero attached hydrogens (tertiary/aromatic N) is 4. The molecule has 0 aliphatic carbocycles. The van der Waals surface area contributed by atoms with Gasteiger partial charge in [0.2, 0.25) is 0 Å². The lowest BCUT2D eigenvalue weighted by Gasteiger charge is -2.12. The summed E-state index contributed by atoms with van der Waals surface area (Å²) in [6.07, 6.45) is 0. The van der Waals surface area contributed by atoms with Crippen LogP contribution in [0.5, 0.6) is 0 Å². The van der Waals surface area contributed by atoms with Crippen LogP contribution >= 0.6 is 0 Å². The molecule has 0 N–H and O–H groups in total. The zero-order valence-electron chi connectivity index (χ0n) is 37.0. The van der Waals surface area contributed by atoms with Gasteiger partial charge in [-0.2, -0.15) is 0 Å². The molecule has 0 bridgehead atoms. The lowest BCUT2D eigenvalue weighted by molar-refractivity contribution is 1.18. The molecule has 0 unspecified atom stereocenters. The molecule has 0 aliphatic rings. The molecule has 13 aromatic rings. The Bertz CT molecular complexity index is 3960. The summed E-state index contributed by atoms with van der Waals surface area (Å²) in [7, 11) is 0. The molecule has 4 heteroatoms. The third-order valence-electron chi connectivity index (χ3n) is 13.3. The molecule has 0 saturated heterocycles. The van der Waals surface area contributed by atoms with E-state index in [1.807, 2.05) is 24.3 Å². The molecule has 0 fully saturated rings. The Balaban J connectivity index is 0.861. The van der Waals surface area contributed by atoms with Crippen molar-refractivity contribution in [1.29, 1.82) is 0 Å². The molecule has 4 nitrogen and oxygen atoms in total. The monoisotopic (exact) mass is 866 g/mol. The van der Waals surface area contributed by atoms with Gasteiger partial charge >= 0.3 is 0 Å². The molecule has 10 aromatic carbocycles. The molecule has 0 saturated carbocycles. The van der Waals surface area contributed by atoms with Crippen LogP contribution in [0.25, 0.3) is 122 Å². The highest BCUT2D eigenvalue weighted by Crippen LogP contribution is 2.39. The van der Waals surface area contributed by atoms with E-state index in [2.05, 4.69) is 240 Å². The van der Waals surface area contributed by atoms with Crippen LogP contribution in [-0.4, -0.2) is 19.1 Å². The van der Waals surface area contributed by atoms with Gasteiger partial charge in [0.25, 0.3) is 0 Å². The maximum atomic E-state index is 5.11. The molecule has 0 atom stereocenters. The third kappa shape index (κ3) is 6.86. The van der Waals surface area contributed by atoms with Gasteiger partial charge in [0, 0.05) is 49.6 Å². The number of aromatic nitrogens is 4. The van der Waals surface area contributed by atoms with E-state index in [1.165, 1.54) is 54.7 Å². The fourth-order valence-corrected chi connectivity index (χ4v) is 10.1. The SMILES string of the molecule is c1ccc(-c2cc(-c3cccc(-c4cccc(-c5cccc(-n6c7ccccc7c7cc(-c8ccc9c(c8)c8ccccc8n9-c8ccccc8)ccc76)c5)c4)c3)nc(-c3ccccc3)n2)cc1. The van der Waals surface area contributed by atoms with Crippen LogP contribution in [0.15, 0.2) is 255 Å². The molecule has 0 amide bonds. The van der Waals surface area contributed by atoms with Crippen molar-refractivity contribution in [2.45, 2.75) is 0 Å². The van der Waals surface area contributed by atoms with Crippen molar-refractivity contribution in [2.24, 2.45) is 0 Å². The maximum Gasteiger partial charge on any atom is 0.160 e. The quantitative estimate of drug-likeness (QED) is 0.153. The Labute approximate surface area is 394 Å². The first kappa shape index (κ1) is 39.3. The molecule has 3 aromatic heterocycles. The molecule has 0 radical (unpaired) electrons. The highest BCUT2D eigenvalue weighted by Gasteiger charge is 2.17. The molecular formula is C64H42N4. The largest absolute Gasteiger partial charge is 0.309 e. The molecule has 3 heterocycles. The van der Waals surface area contributed by atoms with Crippen molar-refractivity contribution in [2.75, 3.05) is 0 Å². The zero-order chi connectivity index (χ0) is 45.0. The first-order valence-corrected chi connectivity index (χ1v) is 23.1. The van der Waals surface area contributed by atoms with Crippen LogP contribution in [-0.2, 0) is 0 Å². The zero-order valence-corrected chi connectivity index (χ0v) is 37.0. The van der Waals surface area contributed by atoms with E-state index in [0.29, 0.717) is 5.82 Å². The summed E-state index contributed by atoms with van der Waals surface area (Å²) in [5.74, 6) is 0.708. The van der Waals surface area contributed by atoms with E-state index in [-0.39, 0.29) is 0 Å². The first-order valence-electron chi connectivity index (χ1n) is 23.1. The summed E-state index contributed by atoms with van der Waals surface area (Å²) < 4.78 is 4.79. The van der Waals surface area contributed by atoms with Crippen LogP contribution < -0.4 is 0 Å². The minimum Gasteiger partial charge on any atom is -0.309 e. The Hall–Kier alpha value is -9.12. The van der Waals surface area contributed by atoms with Crippen molar-refractivity contribution >= 4 is 43.6 Å². The normalized spacial score (nSPS) is 11.5. The minimum absolute atomic E-state index is 0.708. The summed E-state index contributed by atoms with van der Waals surface area (Å²) in [5, 5.41) is 4.96. The molecule has 68 heavy (non-hydrogen) atoms. The average Bonchev–Trinajstić information content (AvgIpc) is 3.94. The van der Waals surface area contributed by atoms with E-state index in [9.17, 15) is 0 Å². The van der Waals surface area contributed by atoms with E-state index < -0.39 is 0 Å². The Morgan fingerprint density at radius 2 is 0.603 bits per heavy atom. The highest BCUT2D eigenvalue weighted by atomic mass is 15.0. The number of fused-ring (bicyclic) bond motifs is 6. The van der Waals surface area contributed by atoms with Crippen molar-refractivity contribution in [3.8, 4) is 78.7 Å². The first-order chi connectivity index (χ1) is 33.7. The van der Waals surface area contributed by atoms with Gasteiger partial charge in [-0.3, -0.25) is 0 Å². The van der Waals surface area contributed by atoms with Crippen LogP contribution in [0.1, 0.15) is 0 Å². The van der Waals surface area contributed by atoms with E-state index in [0.717, 1.165) is 61.7 Å². The van der Waals surface area contributed by atoms with Crippen LogP contribution in [0.2, 0.25) is 0 Å². The fourth-order valence-electron chi connectivity index (χ4n) is 10.1. The minimum atomic E-state index is 0.708. The molecule has 0 spiro atoms. The van der Waals surface area contributed by atoms with Gasteiger partial charge in [-0.1, -0.05) is 176 Å². The van der Waals surface area contributed by atoms with E-state index >= 15 is 0 Å². The second kappa shape index (κ2) is 16.4. The number of hydrogen-bond acceptors (Lipinski definition) is 2. The predicted molar refractivity (Wildman–Crippen MR) is 283 cm³/mol. The van der Waals surface area contributed by atoms with E-state index in [1.54, 1.807) is 0 Å². The molecule has 318 valence electrons. The van der Waals surface area contributed by atoms with Crippen LogP contribution in [0.4, 0.5) is 0 Å². The van der Waals surface area contributed by atoms with Gasteiger partial charge in [-0.25, -0.2) is 9.97 Å². The lowest BCUT2D eigenvalue weighted by atomic mass is 9.97. The molecular weight excluding hydrogens is 825 g/mol. The Kier molecular flexibility index (Phi) is 9.47. The number of hydrogen-bond donors (Lipinski definition) is 0. The van der Waals surface area contributed by atoms with Gasteiger partial charge < -0.3 is 9.13 Å². The summed E-state index contributed by atoms with van der Waals surface area (Å²) in [4.78, 5) is 10.1. The highest BCUT2D eigenvalue weighted by molar-refractivity contribution is 6.12. The topological polar surface area (TPSA) is 35.6 Å². The summed E-state index contributed by atoms with van der Waals surface area (Å²) in [6, 6.07) is 91.2. The Morgan fingerprint density at radius 1 is 0.221 bits per heavy atom. The molecule has 13 rings (SSSR count). The summed E-state index contributed by atoms with van der Waals surface area (Å²) in [5.41, 5.74) is 18.9. The standard InChI is InChI=1S/C64H42N4/c1-4-17-43(18-5-1)58-42-59(66-64(65-58)44-19-6-2-7-20-44)51-25-15-23-47(38-51)45-21-14-22-46(37-45)48-24-16-28-53(39-48)68-61-32-13-11-30-55(61)57-41-50(34-36-63(57)68)49-33-35-62-56(40-49)54-29-10-12-31-60(54)67(62)52-26-8-3-9-27-52/h1-42H. The second-order valence-corrected chi connectivity index (χ2v) is 17.4. The van der Waals surface area contributed by atoms with Gasteiger partial charge in [-0.15, -0.1) is 0 Å². The number of para-hydroxylation sites is 3. The summed E-state index contributed by atoms with van der Waals surface area (Å²) in [6.45, 7) is 0. The van der Waals surface area contributed by atoms with Crippen molar-refractivity contribution in [3.05, 3.63) is 255 Å². The number of rotatable bonds is 8. The third-order valence-corrected chi connectivity index (χ3v) is 13.3. The van der Waals surface area contributed by atoms with Crippen molar-refractivity contribution < 1.29 is 0 Å². The van der Waals surface area contributed by atoms with E-state index in [4.69, 9.17) is 9.97 Å². The van der Waals surface area contributed by atoms with Crippen LogP contribution in [0, 0.1) is 0 Å². The number of benzene rings is 10. The van der Waals surface area contributed by atoms with Gasteiger partial charge in [0.1, 0.15) is 0 Å². The molecule has 0 aliphatic heterocycles. The van der Waals surface area contributed by atoms with Crippen molar-refractivity contribution in [3.63, 3.8) is 0 Å². The van der Waals surface area contributed by atoms with Crippen LogP contribution in [0.3, 0.4) is 0 Å². The maximum absolute atomic E-state index is 5.11. The van der Waals surface area contributed by atoms with Gasteiger partial charge in [0.05, 0.1) is 33.5 Å². The smallest absolute Gasteiger partial charge is 0.160 e. The second-order valence-electron chi connectivity index (χ2n) is 17.4. The van der Waals surface area contributed by atoms with Gasteiger partial charge in [0.15, 0.2) is 5.82 Å². The Morgan fingerprint density at radius 3 is 1.19 bits per heavy atom. The lowest BCUT2D eigenvalue weighted by Crippen LogP contribution is -1.96. The fraction of sp³-hybridized carbons (Fsp3) is 0. The predicted octanol–water partition coefficient (Wildman–Crippen LogP) is 16.7. The summed E-state index contributed by atoms with van der Waals surface area (Å²) >= 11 is 0. The van der Waals surface area contributed by atoms with Gasteiger partial charge in [-0.05, 0) is 112 Å². The average molecular weight is 867 g/mol. The van der Waals surface area contributed by atoms with Crippen molar-refractivity contribution in [1.82, 2.24) is 19.1 Å².